The van der Waals surface area contributed by atoms with E-state index in [9.17, 15) is 0 Å². The quantitative estimate of drug-likeness (QED) is 0.400. The van der Waals surface area contributed by atoms with Crippen molar-refractivity contribution in [2.45, 2.75) is 95.3 Å². The van der Waals surface area contributed by atoms with Gasteiger partial charge in [0.2, 0.25) is 0 Å². The second-order valence-corrected chi connectivity index (χ2v) is 14.3. The van der Waals surface area contributed by atoms with E-state index in [1.165, 1.54) is 92.4 Å². The number of rotatable bonds is 2. The summed E-state index contributed by atoms with van der Waals surface area (Å²) in [6, 6.07) is 15.1. The molecule has 1 aromatic heterocycles. The molecule has 0 radical (unpaired) electrons. The zero-order chi connectivity index (χ0) is 22.7. The van der Waals surface area contributed by atoms with Crippen molar-refractivity contribution < 1.29 is 0 Å². The second kappa shape index (κ2) is 6.92. The highest BCUT2D eigenvalue weighted by molar-refractivity contribution is 6.07. The molecule has 0 aliphatic heterocycles. The van der Waals surface area contributed by atoms with Crippen LogP contribution in [0.25, 0.3) is 21.8 Å². The van der Waals surface area contributed by atoms with E-state index in [2.05, 4.69) is 55.2 Å². The van der Waals surface area contributed by atoms with Gasteiger partial charge in [0.05, 0.1) is 0 Å². The van der Waals surface area contributed by atoms with E-state index in [1.807, 2.05) is 0 Å². The van der Waals surface area contributed by atoms with Crippen molar-refractivity contribution in [2.75, 3.05) is 0 Å². The number of hydrogen-bond acceptors (Lipinski definition) is 0. The lowest BCUT2D eigenvalue weighted by Crippen LogP contribution is -2.48. The number of hydrogen-bond donors (Lipinski definition) is 1. The summed E-state index contributed by atoms with van der Waals surface area (Å²) in [5.41, 5.74) is 6.88. The number of aromatic nitrogens is 1. The van der Waals surface area contributed by atoms with Crippen LogP contribution in [-0.2, 0) is 10.8 Å². The number of aromatic amines is 1. The van der Waals surface area contributed by atoms with E-state index < -0.39 is 0 Å². The van der Waals surface area contributed by atoms with Gasteiger partial charge in [0.1, 0.15) is 0 Å². The molecule has 6 aliphatic carbocycles. The van der Waals surface area contributed by atoms with Crippen molar-refractivity contribution in [3.63, 3.8) is 0 Å². The van der Waals surface area contributed by atoms with Crippen LogP contribution in [0, 0.1) is 35.5 Å². The third kappa shape index (κ3) is 2.91. The van der Waals surface area contributed by atoms with Crippen molar-refractivity contribution in [1.29, 1.82) is 0 Å². The molecule has 9 rings (SSSR count). The van der Waals surface area contributed by atoms with Gasteiger partial charge >= 0.3 is 0 Å². The summed E-state index contributed by atoms with van der Waals surface area (Å²) < 4.78 is 0. The van der Waals surface area contributed by atoms with E-state index >= 15 is 0 Å². The predicted molar refractivity (Wildman–Crippen MR) is 142 cm³/mol. The van der Waals surface area contributed by atoms with Crippen molar-refractivity contribution >= 4 is 21.8 Å². The first kappa shape index (κ1) is 20.4. The number of benzene rings is 2. The zero-order valence-electron chi connectivity index (χ0n) is 21.2. The van der Waals surface area contributed by atoms with Crippen LogP contribution in [-0.4, -0.2) is 4.98 Å². The zero-order valence-corrected chi connectivity index (χ0v) is 21.2. The fourth-order valence-corrected chi connectivity index (χ4v) is 11.1. The number of H-pyrrole nitrogens is 1. The normalized spacial score (nSPS) is 43.1. The molecule has 0 amide bonds. The van der Waals surface area contributed by atoms with Crippen molar-refractivity contribution in [3.05, 3.63) is 47.5 Å². The van der Waals surface area contributed by atoms with Crippen LogP contribution in [0.5, 0.6) is 0 Å². The van der Waals surface area contributed by atoms with Gasteiger partial charge in [-0.05, 0) is 152 Å². The summed E-state index contributed by atoms with van der Waals surface area (Å²) in [5.74, 6) is 5.69. The SMILES string of the molecule is CC1CC2CC(C)CC(c3ccc4[nH]c5ccc(C67CC8CC(CC(C8)C6)C7)cc5c4c3)(C1)C2. The average Bonchev–Trinajstić information content (AvgIpc) is 3.14. The fourth-order valence-electron chi connectivity index (χ4n) is 11.1. The summed E-state index contributed by atoms with van der Waals surface area (Å²) >= 11 is 0. The molecule has 2 atom stereocenters. The molecule has 6 fully saturated rings. The molecule has 3 aromatic rings. The Morgan fingerprint density at radius 2 is 0.971 bits per heavy atom. The van der Waals surface area contributed by atoms with Crippen LogP contribution in [0.4, 0.5) is 0 Å². The lowest BCUT2D eigenvalue weighted by molar-refractivity contribution is -0.00512. The average molecular weight is 452 g/mol. The Bertz CT molecular complexity index is 1220. The van der Waals surface area contributed by atoms with Gasteiger partial charge in [-0.1, -0.05) is 26.0 Å². The molecule has 6 bridgehead atoms. The first-order chi connectivity index (χ1) is 16.5. The smallest absolute Gasteiger partial charge is 0.0465 e. The highest BCUT2D eigenvalue weighted by atomic mass is 14.7. The van der Waals surface area contributed by atoms with Gasteiger partial charge < -0.3 is 4.98 Å². The highest BCUT2D eigenvalue weighted by Gasteiger charge is 2.51. The Morgan fingerprint density at radius 1 is 0.559 bits per heavy atom. The minimum atomic E-state index is 0.412. The molecule has 178 valence electrons. The summed E-state index contributed by atoms with van der Waals surface area (Å²) in [6.45, 7) is 5.03. The maximum Gasteiger partial charge on any atom is 0.0465 e. The first-order valence-electron chi connectivity index (χ1n) is 14.5. The maximum atomic E-state index is 3.78. The molecule has 2 unspecified atom stereocenters. The molecular formula is C33H41N. The van der Waals surface area contributed by atoms with Crippen molar-refractivity contribution in [2.24, 2.45) is 35.5 Å². The Balaban J connectivity index is 1.25. The molecule has 1 N–H and O–H groups in total. The summed E-state index contributed by atoms with van der Waals surface area (Å²) in [7, 11) is 0. The summed E-state index contributed by atoms with van der Waals surface area (Å²) in [4.78, 5) is 3.78. The predicted octanol–water partition coefficient (Wildman–Crippen LogP) is 8.89. The maximum absolute atomic E-state index is 3.78. The van der Waals surface area contributed by atoms with Gasteiger partial charge in [-0.3, -0.25) is 0 Å². The molecule has 0 spiro atoms. The molecule has 1 heterocycles. The van der Waals surface area contributed by atoms with Crippen molar-refractivity contribution in [1.82, 2.24) is 4.98 Å². The standard InChI is InChI=1S/C33H41N/c1-20-7-22-8-21(2)15-32(14-20,16-22)26-3-5-30-28(12-26)29-13-27(4-6-31(29)34-30)33-17-23-9-24(18-33)11-25(10-23)19-33/h3-6,12-13,20-25,34H,7-11,14-19H2,1-2H3. The van der Waals surface area contributed by atoms with Gasteiger partial charge in [0.15, 0.2) is 0 Å². The first-order valence-corrected chi connectivity index (χ1v) is 14.5. The van der Waals surface area contributed by atoms with Gasteiger partial charge in [-0.2, -0.15) is 0 Å². The topological polar surface area (TPSA) is 15.8 Å². The Kier molecular flexibility index (Phi) is 4.16. The van der Waals surface area contributed by atoms with Crippen LogP contribution < -0.4 is 0 Å². The van der Waals surface area contributed by atoms with E-state index in [4.69, 9.17) is 0 Å². The minimum Gasteiger partial charge on any atom is -0.355 e. The van der Waals surface area contributed by atoms with Crippen LogP contribution in [0.1, 0.15) is 95.6 Å². The Morgan fingerprint density at radius 3 is 1.44 bits per heavy atom. The molecular weight excluding hydrogens is 410 g/mol. The lowest BCUT2D eigenvalue weighted by Gasteiger charge is -2.57. The molecule has 2 aromatic carbocycles. The van der Waals surface area contributed by atoms with Gasteiger partial charge in [-0.25, -0.2) is 0 Å². The van der Waals surface area contributed by atoms with Crippen LogP contribution >= 0.6 is 0 Å². The van der Waals surface area contributed by atoms with Gasteiger partial charge in [-0.15, -0.1) is 0 Å². The molecule has 1 heteroatoms. The molecule has 6 saturated carbocycles. The van der Waals surface area contributed by atoms with Gasteiger partial charge in [0.25, 0.3) is 0 Å². The Labute approximate surface area is 205 Å². The monoisotopic (exact) mass is 451 g/mol. The van der Waals surface area contributed by atoms with Crippen LogP contribution in [0.2, 0.25) is 0 Å². The Hall–Kier alpha value is -1.76. The summed E-state index contributed by atoms with van der Waals surface area (Å²) in [6.07, 6.45) is 16.1. The lowest BCUT2D eigenvalue weighted by atomic mass is 9.48. The molecule has 6 aliphatic rings. The van der Waals surface area contributed by atoms with Crippen molar-refractivity contribution in [3.8, 4) is 0 Å². The van der Waals surface area contributed by atoms with Gasteiger partial charge in [0, 0.05) is 21.8 Å². The second-order valence-electron chi connectivity index (χ2n) is 14.3. The van der Waals surface area contributed by atoms with Crippen LogP contribution in [0.15, 0.2) is 36.4 Å². The van der Waals surface area contributed by atoms with E-state index in [0.717, 1.165) is 35.5 Å². The van der Waals surface area contributed by atoms with E-state index in [1.54, 1.807) is 11.1 Å². The third-order valence-corrected chi connectivity index (χ3v) is 11.5. The van der Waals surface area contributed by atoms with E-state index in [0.29, 0.717) is 10.8 Å². The van der Waals surface area contributed by atoms with Crippen LogP contribution in [0.3, 0.4) is 0 Å². The number of nitrogens with one attached hydrogen (secondary N) is 1. The van der Waals surface area contributed by atoms with E-state index in [-0.39, 0.29) is 0 Å². The molecule has 1 nitrogen and oxygen atoms in total. The number of fused-ring (bicyclic) bond motifs is 5. The molecule has 34 heavy (non-hydrogen) atoms. The molecule has 0 saturated heterocycles. The third-order valence-electron chi connectivity index (χ3n) is 11.5. The summed E-state index contributed by atoms with van der Waals surface area (Å²) in [5, 5.41) is 2.98. The minimum absolute atomic E-state index is 0.412. The highest BCUT2D eigenvalue weighted by Crippen LogP contribution is 2.61. The largest absolute Gasteiger partial charge is 0.355 e. The fraction of sp³-hybridized carbons (Fsp3) is 0.636.